The zero-order valence-corrected chi connectivity index (χ0v) is 9.18. The Kier molecular flexibility index (Phi) is 4.19. The fraction of sp³-hybridized carbons (Fsp3) is 0.333. The zero-order valence-electron chi connectivity index (χ0n) is 8.36. The predicted molar refractivity (Wildman–Crippen MR) is 57.5 cm³/mol. The van der Waals surface area contributed by atoms with Gasteiger partial charge in [0.1, 0.15) is 0 Å². The van der Waals surface area contributed by atoms with Crippen molar-refractivity contribution < 1.29 is 17.2 Å². The third kappa shape index (κ3) is 4.11. The summed E-state index contributed by atoms with van der Waals surface area (Å²) in [4.78, 5) is 0. The molecule has 0 saturated carbocycles. The number of para-hydroxylation sites is 1. The molecule has 0 aliphatic carbocycles. The molecule has 1 rings (SSSR count). The number of rotatable bonds is 5. The molecule has 1 aromatic carbocycles. The largest absolute Gasteiger partial charge is 0.398 e. The molecule has 0 spiro atoms. The van der Waals surface area contributed by atoms with Crippen molar-refractivity contribution in [3.8, 4) is 0 Å². The second-order valence-electron chi connectivity index (χ2n) is 3.20. The maximum atomic E-state index is 11.8. The summed E-state index contributed by atoms with van der Waals surface area (Å²) in [5.74, 6) is -0.396. The smallest absolute Gasteiger partial charge is 0.251 e. The van der Waals surface area contributed by atoms with E-state index >= 15 is 0 Å². The van der Waals surface area contributed by atoms with Gasteiger partial charge in [-0.2, -0.15) is 0 Å². The number of alkyl halides is 2. The Hall–Kier alpha value is -1.21. The van der Waals surface area contributed by atoms with E-state index in [1.165, 1.54) is 6.07 Å². The van der Waals surface area contributed by atoms with E-state index in [0.717, 1.165) is 0 Å². The molecule has 0 saturated heterocycles. The number of hydrogen-bond donors (Lipinski definition) is 2. The van der Waals surface area contributed by atoms with Crippen LogP contribution in [0.25, 0.3) is 0 Å². The summed E-state index contributed by atoms with van der Waals surface area (Å²) >= 11 is 0. The standard InChI is InChI=1S/C9H12F2N2O2S/c10-9(11)5-13-16(14,15)6-7-3-1-2-4-8(7)12/h1-4,9,13H,5-6,12H2. The molecule has 1 aromatic rings. The molecule has 90 valence electrons. The van der Waals surface area contributed by atoms with Crippen LogP contribution in [-0.4, -0.2) is 21.4 Å². The first kappa shape index (κ1) is 12.9. The van der Waals surface area contributed by atoms with Crippen molar-refractivity contribution in [2.24, 2.45) is 0 Å². The van der Waals surface area contributed by atoms with Gasteiger partial charge < -0.3 is 5.73 Å². The highest BCUT2D eigenvalue weighted by atomic mass is 32.2. The van der Waals surface area contributed by atoms with Crippen LogP contribution in [0.4, 0.5) is 14.5 Å². The summed E-state index contributed by atoms with van der Waals surface area (Å²) in [6, 6.07) is 6.39. The van der Waals surface area contributed by atoms with Crippen molar-refractivity contribution in [2.75, 3.05) is 12.3 Å². The third-order valence-corrected chi connectivity index (χ3v) is 3.16. The number of halogens is 2. The van der Waals surface area contributed by atoms with E-state index in [4.69, 9.17) is 5.73 Å². The van der Waals surface area contributed by atoms with Gasteiger partial charge in [0.25, 0.3) is 6.43 Å². The van der Waals surface area contributed by atoms with Crippen LogP contribution in [0.5, 0.6) is 0 Å². The molecule has 0 amide bonds. The first-order valence-corrected chi connectivity index (χ1v) is 6.15. The molecule has 7 heteroatoms. The summed E-state index contributed by atoms with van der Waals surface area (Å²) in [5, 5.41) is 0. The lowest BCUT2D eigenvalue weighted by molar-refractivity contribution is 0.153. The van der Waals surface area contributed by atoms with Gasteiger partial charge in [-0.05, 0) is 11.6 Å². The SMILES string of the molecule is Nc1ccccc1CS(=O)(=O)NCC(F)F. The quantitative estimate of drug-likeness (QED) is 0.764. The van der Waals surface area contributed by atoms with Crippen molar-refractivity contribution in [2.45, 2.75) is 12.2 Å². The van der Waals surface area contributed by atoms with Crippen molar-refractivity contribution >= 4 is 15.7 Å². The average Bonchev–Trinajstić information content (AvgIpc) is 2.19. The summed E-state index contributed by atoms with van der Waals surface area (Å²) in [6.07, 6.45) is -2.71. The Bertz CT molecular complexity index is 449. The molecular weight excluding hydrogens is 238 g/mol. The van der Waals surface area contributed by atoms with Crippen molar-refractivity contribution in [3.63, 3.8) is 0 Å². The van der Waals surface area contributed by atoms with Crippen LogP contribution >= 0.6 is 0 Å². The summed E-state index contributed by atoms with van der Waals surface area (Å²) in [6.45, 7) is -0.880. The minimum absolute atomic E-state index is 0.324. The third-order valence-electron chi connectivity index (χ3n) is 1.86. The Morgan fingerprint density at radius 1 is 1.31 bits per heavy atom. The minimum atomic E-state index is -3.76. The second kappa shape index (κ2) is 5.22. The topological polar surface area (TPSA) is 72.2 Å². The highest BCUT2D eigenvalue weighted by Gasteiger charge is 2.15. The normalized spacial score (nSPS) is 11.9. The number of sulfonamides is 1. The maximum Gasteiger partial charge on any atom is 0.251 e. The van der Waals surface area contributed by atoms with Crippen molar-refractivity contribution in [3.05, 3.63) is 29.8 Å². The summed E-state index contributed by atoms with van der Waals surface area (Å²) in [7, 11) is -3.76. The average molecular weight is 250 g/mol. The lowest BCUT2D eigenvalue weighted by Crippen LogP contribution is -2.29. The van der Waals surface area contributed by atoms with Crippen LogP contribution in [0.15, 0.2) is 24.3 Å². The number of nitrogen functional groups attached to an aromatic ring is 1. The number of nitrogens with one attached hydrogen (secondary N) is 1. The van der Waals surface area contributed by atoms with Crippen LogP contribution < -0.4 is 10.5 Å². The fourth-order valence-electron chi connectivity index (χ4n) is 1.11. The maximum absolute atomic E-state index is 11.8. The lowest BCUT2D eigenvalue weighted by Gasteiger charge is -2.07. The molecule has 0 radical (unpaired) electrons. The van der Waals surface area contributed by atoms with Gasteiger partial charge in [-0.3, -0.25) is 0 Å². The summed E-state index contributed by atoms with van der Waals surface area (Å²) in [5.41, 5.74) is 6.26. The minimum Gasteiger partial charge on any atom is -0.398 e. The van der Waals surface area contributed by atoms with Gasteiger partial charge in [0.15, 0.2) is 0 Å². The fourth-order valence-corrected chi connectivity index (χ4v) is 2.27. The van der Waals surface area contributed by atoms with Gasteiger partial charge in [-0.25, -0.2) is 21.9 Å². The molecule has 3 N–H and O–H groups in total. The molecule has 0 fully saturated rings. The number of anilines is 1. The number of nitrogens with two attached hydrogens (primary N) is 1. The molecule has 0 aliphatic heterocycles. The molecule has 0 atom stereocenters. The van der Waals surface area contributed by atoms with E-state index in [2.05, 4.69) is 0 Å². The van der Waals surface area contributed by atoms with E-state index in [1.807, 2.05) is 0 Å². The second-order valence-corrected chi connectivity index (χ2v) is 5.00. The molecule has 4 nitrogen and oxygen atoms in total. The van der Waals surface area contributed by atoms with Gasteiger partial charge in [-0.1, -0.05) is 18.2 Å². The highest BCUT2D eigenvalue weighted by Crippen LogP contribution is 2.13. The van der Waals surface area contributed by atoms with Crippen LogP contribution in [0.1, 0.15) is 5.56 Å². The monoisotopic (exact) mass is 250 g/mol. The van der Waals surface area contributed by atoms with E-state index in [-0.39, 0.29) is 0 Å². The molecule has 0 bridgehead atoms. The Morgan fingerprint density at radius 2 is 1.94 bits per heavy atom. The van der Waals surface area contributed by atoms with Gasteiger partial charge in [0.05, 0.1) is 12.3 Å². The van der Waals surface area contributed by atoms with Gasteiger partial charge in [-0.15, -0.1) is 0 Å². The molecule has 0 heterocycles. The van der Waals surface area contributed by atoms with E-state index in [9.17, 15) is 17.2 Å². The van der Waals surface area contributed by atoms with Crippen LogP contribution in [-0.2, 0) is 15.8 Å². The first-order chi connectivity index (χ1) is 7.41. The Morgan fingerprint density at radius 3 is 2.50 bits per heavy atom. The lowest BCUT2D eigenvalue weighted by atomic mass is 10.2. The van der Waals surface area contributed by atoms with Crippen LogP contribution in [0, 0.1) is 0 Å². The predicted octanol–water partition coefficient (Wildman–Crippen LogP) is 0.953. The molecule has 0 aliphatic rings. The van der Waals surface area contributed by atoms with E-state index in [1.54, 1.807) is 22.9 Å². The van der Waals surface area contributed by atoms with Gasteiger partial charge in [0.2, 0.25) is 10.0 Å². The zero-order chi connectivity index (χ0) is 12.2. The molecular formula is C9H12F2N2O2S. The molecule has 0 aromatic heterocycles. The van der Waals surface area contributed by atoms with E-state index < -0.39 is 28.7 Å². The van der Waals surface area contributed by atoms with Gasteiger partial charge in [0, 0.05) is 5.69 Å². The van der Waals surface area contributed by atoms with Crippen molar-refractivity contribution in [1.82, 2.24) is 4.72 Å². The van der Waals surface area contributed by atoms with Crippen LogP contribution in [0.2, 0.25) is 0 Å². The van der Waals surface area contributed by atoms with Gasteiger partial charge >= 0.3 is 0 Å². The molecule has 0 unspecified atom stereocenters. The summed E-state index contributed by atoms with van der Waals surface area (Å²) < 4.78 is 48.2. The Labute approximate surface area is 92.5 Å². The first-order valence-electron chi connectivity index (χ1n) is 4.49. The number of hydrogen-bond acceptors (Lipinski definition) is 3. The molecule has 16 heavy (non-hydrogen) atoms. The van der Waals surface area contributed by atoms with Crippen molar-refractivity contribution in [1.29, 1.82) is 0 Å². The van der Waals surface area contributed by atoms with Crippen LogP contribution in [0.3, 0.4) is 0 Å². The number of benzene rings is 1. The van der Waals surface area contributed by atoms with E-state index in [0.29, 0.717) is 11.3 Å². The highest BCUT2D eigenvalue weighted by molar-refractivity contribution is 7.88. The Balaban J connectivity index is 2.70.